The first-order chi connectivity index (χ1) is 5.22. The van der Waals surface area contributed by atoms with E-state index in [4.69, 9.17) is 0 Å². The van der Waals surface area contributed by atoms with Gasteiger partial charge >= 0.3 is 0 Å². The molecule has 0 spiro atoms. The van der Waals surface area contributed by atoms with Crippen LogP contribution in [0.15, 0.2) is 11.1 Å². The molecule has 0 aromatic rings. The second kappa shape index (κ2) is 3.94. The Morgan fingerprint density at radius 1 is 1.09 bits per heavy atom. The predicted octanol–water partition coefficient (Wildman–Crippen LogP) is 3.92. The molecule has 1 atom stereocenters. The smallest absolute Gasteiger partial charge is 0.0232 e. The van der Waals surface area contributed by atoms with Crippen molar-refractivity contribution in [1.82, 2.24) is 0 Å². The third kappa shape index (κ3) is 2.36. The molecule has 0 radical (unpaired) electrons. The third-order valence-electron chi connectivity index (χ3n) is 3.10. The van der Waals surface area contributed by atoms with Crippen LogP contribution in [0.3, 0.4) is 0 Å². The molecule has 64 valence electrons. The van der Waals surface area contributed by atoms with Crippen molar-refractivity contribution in [2.24, 2.45) is 5.92 Å². The third-order valence-corrected chi connectivity index (χ3v) is 3.10. The van der Waals surface area contributed by atoms with E-state index >= 15 is 0 Å². The summed E-state index contributed by atoms with van der Waals surface area (Å²) >= 11 is 0. The molecule has 0 aliphatic heterocycles. The molecule has 0 saturated heterocycles. The maximum absolute atomic E-state index is 2.37. The standard InChI is InChI=1S/C11H20/c1-9-7-5-4-6-8-10(2)11(9)3/h9H,4-8H2,1-3H3. The molecular weight excluding hydrogens is 132 g/mol. The molecule has 0 amide bonds. The van der Waals surface area contributed by atoms with Crippen LogP contribution in [-0.4, -0.2) is 0 Å². The molecule has 11 heavy (non-hydrogen) atoms. The Balaban J connectivity index is 2.66. The van der Waals surface area contributed by atoms with Gasteiger partial charge in [-0.1, -0.05) is 30.9 Å². The van der Waals surface area contributed by atoms with Crippen molar-refractivity contribution >= 4 is 0 Å². The van der Waals surface area contributed by atoms with E-state index in [-0.39, 0.29) is 0 Å². The van der Waals surface area contributed by atoms with E-state index < -0.39 is 0 Å². The van der Waals surface area contributed by atoms with Gasteiger partial charge in [-0.15, -0.1) is 0 Å². The summed E-state index contributed by atoms with van der Waals surface area (Å²) < 4.78 is 0. The van der Waals surface area contributed by atoms with Crippen LogP contribution in [0.4, 0.5) is 0 Å². The molecule has 0 saturated carbocycles. The molecule has 0 aromatic heterocycles. The lowest BCUT2D eigenvalue weighted by Crippen LogP contribution is -2.02. The van der Waals surface area contributed by atoms with E-state index in [0.29, 0.717) is 0 Å². The Bertz CT molecular complexity index is 153. The lowest BCUT2D eigenvalue weighted by atomic mass is 9.88. The summed E-state index contributed by atoms with van der Waals surface area (Å²) in [5.74, 6) is 0.843. The Hall–Kier alpha value is -0.260. The first-order valence-corrected chi connectivity index (χ1v) is 4.88. The zero-order valence-corrected chi connectivity index (χ0v) is 8.11. The van der Waals surface area contributed by atoms with Gasteiger partial charge in [-0.05, 0) is 39.0 Å². The van der Waals surface area contributed by atoms with Gasteiger partial charge in [-0.3, -0.25) is 0 Å². The molecule has 0 aromatic carbocycles. The maximum Gasteiger partial charge on any atom is -0.0232 e. The van der Waals surface area contributed by atoms with Crippen molar-refractivity contribution in [2.45, 2.75) is 52.9 Å². The van der Waals surface area contributed by atoms with Gasteiger partial charge < -0.3 is 0 Å². The van der Waals surface area contributed by atoms with Crippen LogP contribution in [0.2, 0.25) is 0 Å². The molecule has 0 bridgehead atoms. The molecule has 0 heterocycles. The molecule has 0 N–H and O–H groups in total. The van der Waals surface area contributed by atoms with E-state index in [2.05, 4.69) is 20.8 Å². The Labute approximate surface area is 70.7 Å². The van der Waals surface area contributed by atoms with Crippen molar-refractivity contribution in [1.29, 1.82) is 0 Å². The van der Waals surface area contributed by atoms with E-state index in [0.717, 1.165) is 5.92 Å². The van der Waals surface area contributed by atoms with Gasteiger partial charge in [0.25, 0.3) is 0 Å². The topological polar surface area (TPSA) is 0 Å². The molecular formula is C11H20. The minimum atomic E-state index is 0.843. The average molecular weight is 152 g/mol. The molecule has 0 fully saturated rings. The van der Waals surface area contributed by atoms with Crippen LogP contribution in [-0.2, 0) is 0 Å². The van der Waals surface area contributed by atoms with E-state index in [1.54, 1.807) is 11.1 Å². The highest BCUT2D eigenvalue weighted by Gasteiger charge is 2.09. The van der Waals surface area contributed by atoms with Crippen LogP contribution in [0.25, 0.3) is 0 Å². The van der Waals surface area contributed by atoms with Crippen LogP contribution in [0.1, 0.15) is 52.9 Å². The van der Waals surface area contributed by atoms with Gasteiger partial charge in [-0.25, -0.2) is 0 Å². The van der Waals surface area contributed by atoms with E-state index in [1.807, 2.05) is 0 Å². The Kier molecular flexibility index (Phi) is 3.16. The second-order valence-electron chi connectivity index (χ2n) is 3.96. The van der Waals surface area contributed by atoms with Crippen LogP contribution >= 0.6 is 0 Å². The molecule has 1 aliphatic rings. The quantitative estimate of drug-likeness (QED) is 0.461. The first-order valence-electron chi connectivity index (χ1n) is 4.88. The summed E-state index contributed by atoms with van der Waals surface area (Å²) in [5, 5.41) is 0. The van der Waals surface area contributed by atoms with Gasteiger partial charge in [0.05, 0.1) is 0 Å². The van der Waals surface area contributed by atoms with Gasteiger partial charge in [-0.2, -0.15) is 0 Å². The lowest BCUT2D eigenvalue weighted by Gasteiger charge is -2.18. The van der Waals surface area contributed by atoms with Crippen LogP contribution in [0.5, 0.6) is 0 Å². The summed E-state index contributed by atoms with van der Waals surface area (Å²) in [6.45, 7) is 6.98. The zero-order valence-electron chi connectivity index (χ0n) is 8.11. The van der Waals surface area contributed by atoms with Crippen LogP contribution < -0.4 is 0 Å². The van der Waals surface area contributed by atoms with Gasteiger partial charge in [0.15, 0.2) is 0 Å². The molecule has 1 rings (SSSR count). The Morgan fingerprint density at radius 3 is 2.55 bits per heavy atom. The summed E-state index contributed by atoms with van der Waals surface area (Å²) in [7, 11) is 0. The van der Waals surface area contributed by atoms with Crippen molar-refractivity contribution in [3.05, 3.63) is 11.1 Å². The number of rotatable bonds is 0. The van der Waals surface area contributed by atoms with Gasteiger partial charge in [0.1, 0.15) is 0 Å². The van der Waals surface area contributed by atoms with Crippen molar-refractivity contribution in [3.8, 4) is 0 Å². The normalized spacial score (nSPS) is 28.1. The predicted molar refractivity (Wildman–Crippen MR) is 50.6 cm³/mol. The molecule has 0 nitrogen and oxygen atoms in total. The minimum absolute atomic E-state index is 0.843. The highest BCUT2D eigenvalue weighted by molar-refractivity contribution is 5.12. The number of hydrogen-bond acceptors (Lipinski definition) is 0. The molecule has 1 aliphatic carbocycles. The highest BCUT2D eigenvalue weighted by atomic mass is 14.2. The summed E-state index contributed by atoms with van der Waals surface area (Å²) in [4.78, 5) is 0. The lowest BCUT2D eigenvalue weighted by molar-refractivity contribution is 0.519. The Morgan fingerprint density at radius 2 is 1.82 bits per heavy atom. The molecule has 1 unspecified atom stereocenters. The summed E-state index contributed by atoms with van der Waals surface area (Å²) in [5.41, 5.74) is 3.31. The van der Waals surface area contributed by atoms with Crippen molar-refractivity contribution in [2.75, 3.05) is 0 Å². The van der Waals surface area contributed by atoms with E-state index in [9.17, 15) is 0 Å². The van der Waals surface area contributed by atoms with Gasteiger partial charge in [0.2, 0.25) is 0 Å². The number of hydrogen-bond donors (Lipinski definition) is 0. The summed E-state index contributed by atoms with van der Waals surface area (Å²) in [6, 6.07) is 0. The van der Waals surface area contributed by atoms with Gasteiger partial charge in [0, 0.05) is 0 Å². The average Bonchev–Trinajstić information content (AvgIpc) is 2.00. The fourth-order valence-corrected chi connectivity index (χ4v) is 1.85. The fraction of sp³-hybridized carbons (Fsp3) is 0.818. The van der Waals surface area contributed by atoms with E-state index in [1.165, 1.54) is 32.1 Å². The second-order valence-corrected chi connectivity index (χ2v) is 3.96. The zero-order chi connectivity index (χ0) is 8.27. The van der Waals surface area contributed by atoms with Crippen molar-refractivity contribution < 1.29 is 0 Å². The summed E-state index contributed by atoms with van der Waals surface area (Å²) in [6.07, 6.45) is 7.04. The monoisotopic (exact) mass is 152 g/mol. The first kappa shape index (κ1) is 8.83. The highest BCUT2D eigenvalue weighted by Crippen LogP contribution is 2.26. The largest absolute Gasteiger partial charge is 0.0741 e. The maximum atomic E-state index is 2.37. The number of allylic oxidation sites excluding steroid dienone is 2. The molecule has 0 heteroatoms. The van der Waals surface area contributed by atoms with Crippen molar-refractivity contribution in [3.63, 3.8) is 0 Å². The van der Waals surface area contributed by atoms with Crippen LogP contribution in [0, 0.1) is 5.92 Å². The fourth-order valence-electron chi connectivity index (χ4n) is 1.85. The SMILES string of the molecule is CC1=C(C)C(C)CCCCC1. The minimum Gasteiger partial charge on any atom is -0.0741 e.